The van der Waals surface area contributed by atoms with Gasteiger partial charge < -0.3 is 11.1 Å². The number of hydrogen-bond acceptors (Lipinski definition) is 4. The minimum absolute atomic E-state index is 0.0809. The smallest absolute Gasteiger partial charge is 0.270 e. The highest BCUT2D eigenvalue weighted by molar-refractivity contribution is 7.09. The maximum absolute atomic E-state index is 11.9. The zero-order chi connectivity index (χ0) is 15.6. The topological polar surface area (TPSA) is 68.0 Å². The third-order valence-electron chi connectivity index (χ3n) is 3.41. The van der Waals surface area contributed by atoms with Crippen LogP contribution in [0.1, 0.15) is 40.3 Å². The van der Waals surface area contributed by atoms with Gasteiger partial charge in [-0.05, 0) is 31.4 Å². The Morgan fingerprint density at radius 2 is 1.95 bits per heavy atom. The summed E-state index contributed by atoms with van der Waals surface area (Å²) >= 11 is 1.50. The lowest BCUT2D eigenvalue weighted by Gasteiger charge is -2.04. The number of benzene rings is 1. The van der Waals surface area contributed by atoms with E-state index in [0.717, 1.165) is 37.1 Å². The Morgan fingerprint density at radius 3 is 2.73 bits per heavy atom. The maximum Gasteiger partial charge on any atom is 0.270 e. The van der Waals surface area contributed by atoms with Crippen LogP contribution in [0.4, 0.5) is 0 Å². The van der Waals surface area contributed by atoms with Gasteiger partial charge in [-0.3, -0.25) is 4.79 Å². The average molecular weight is 317 g/mol. The minimum atomic E-state index is -0.0809. The molecular formula is C17H23N3OS. The van der Waals surface area contributed by atoms with E-state index >= 15 is 0 Å². The number of rotatable bonds is 9. The van der Waals surface area contributed by atoms with Crippen LogP contribution in [0, 0.1) is 0 Å². The SMILES string of the molecule is NCCc1nc(C(=O)NCCCCCc2ccccc2)cs1. The highest BCUT2D eigenvalue weighted by Crippen LogP contribution is 2.10. The van der Waals surface area contributed by atoms with Crippen LogP contribution >= 0.6 is 11.3 Å². The average Bonchev–Trinajstić information content (AvgIpc) is 3.01. The molecule has 4 nitrogen and oxygen atoms in total. The lowest BCUT2D eigenvalue weighted by molar-refractivity contribution is 0.0948. The molecule has 1 aromatic carbocycles. The van der Waals surface area contributed by atoms with Gasteiger partial charge >= 0.3 is 0 Å². The van der Waals surface area contributed by atoms with Gasteiger partial charge in [-0.15, -0.1) is 11.3 Å². The number of amides is 1. The number of nitrogens with one attached hydrogen (secondary N) is 1. The van der Waals surface area contributed by atoms with Gasteiger partial charge in [-0.2, -0.15) is 0 Å². The van der Waals surface area contributed by atoms with Gasteiger partial charge in [0.25, 0.3) is 5.91 Å². The van der Waals surface area contributed by atoms with Gasteiger partial charge in [0, 0.05) is 18.3 Å². The van der Waals surface area contributed by atoms with Crippen LogP contribution in [-0.2, 0) is 12.8 Å². The molecule has 2 rings (SSSR count). The molecule has 0 unspecified atom stereocenters. The Morgan fingerprint density at radius 1 is 1.14 bits per heavy atom. The lowest BCUT2D eigenvalue weighted by atomic mass is 10.1. The standard InChI is InChI=1S/C17H23N3OS/c18-11-10-16-20-15(13-22-16)17(21)19-12-6-2-5-9-14-7-3-1-4-8-14/h1,3-4,7-8,13H,2,5-6,9-12,18H2,(H,19,21). The summed E-state index contributed by atoms with van der Waals surface area (Å²) in [6, 6.07) is 10.5. The zero-order valence-electron chi connectivity index (χ0n) is 12.8. The van der Waals surface area contributed by atoms with Gasteiger partial charge in [0.1, 0.15) is 5.69 Å². The molecule has 0 radical (unpaired) electrons. The molecule has 1 heterocycles. The fraction of sp³-hybridized carbons (Fsp3) is 0.412. The summed E-state index contributed by atoms with van der Waals surface area (Å²) in [4.78, 5) is 16.2. The normalized spacial score (nSPS) is 10.6. The monoisotopic (exact) mass is 317 g/mol. The summed E-state index contributed by atoms with van der Waals surface area (Å²) in [6.45, 7) is 1.27. The van der Waals surface area contributed by atoms with Crippen LogP contribution < -0.4 is 11.1 Å². The van der Waals surface area contributed by atoms with Gasteiger partial charge in [0.2, 0.25) is 0 Å². The Labute approximate surface area is 135 Å². The molecule has 0 aliphatic heterocycles. The molecule has 118 valence electrons. The Bertz CT molecular complexity index is 568. The van der Waals surface area contributed by atoms with Crippen molar-refractivity contribution in [3.63, 3.8) is 0 Å². The summed E-state index contributed by atoms with van der Waals surface area (Å²) in [5, 5.41) is 5.65. The number of carbonyl (C=O) groups excluding carboxylic acids is 1. The molecule has 3 N–H and O–H groups in total. The van der Waals surface area contributed by atoms with Crippen molar-refractivity contribution in [3.05, 3.63) is 52.0 Å². The van der Waals surface area contributed by atoms with Crippen LogP contribution in [0.5, 0.6) is 0 Å². The summed E-state index contributed by atoms with van der Waals surface area (Å²) in [5.74, 6) is -0.0809. The van der Waals surface area contributed by atoms with Crippen LogP contribution in [-0.4, -0.2) is 24.0 Å². The first-order valence-corrected chi connectivity index (χ1v) is 8.64. The van der Waals surface area contributed by atoms with E-state index in [1.165, 1.54) is 16.9 Å². The van der Waals surface area contributed by atoms with E-state index in [4.69, 9.17) is 5.73 Å². The van der Waals surface area contributed by atoms with Crippen LogP contribution in [0.3, 0.4) is 0 Å². The van der Waals surface area contributed by atoms with E-state index in [1.807, 2.05) is 6.07 Å². The van der Waals surface area contributed by atoms with Crippen molar-refractivity contribution in [2.24, 2.45) is 5.73 Å². The highest BCUT2D eigenvalue weighted by atomic mass is 32.1. The number of aryl methyl sites for hydroxylation is 1. The lowest BCUT2D eigenvalue weighted by Crippen LogP contribution is -2.24. The molecule has 0 saturated carbocycles. The van der Waals surface area contributed by atoms with Gasteiger partial charge in [-0.25, -0.2) is 4.98 Å². The molecule has 1 aromatic heterocycles. The van der Waals surface area contributed by atoms with E-state index in [1.54, 1.807) is 5.38 Å². The van der Waals surface area contributed by atoms with Crippen molar-refractivity contribution in [1.29, 1.82) is 0 Å². The molecule has 5 heteroatoms. The van der Waals surface area contributed by atoms with Crippen molar-refractivity contribution in [2.45, 2.75) is 32.1 Å². The quantitative estimate of drug-likeness (QED) is 0.699. The fourth-order valence-electron chi connectivity index (χ4n) is 2.22. The van der Waals surface area contributed by atoms with Crippen molar-refractivity contribution in [2.75, 3.05) is 13.1 Å². The second-order valence-electron chi connectivity index (χ2n) is 5.22. The maximum atomic E-state index is 11.9. The number of nitrogens with two attached hydrogens (primary N) is 1. The number of hydrogen-bond donors (Lipinski definition) is 2. The molecular weight excluding hydrogens is 294 g/mol. The second kappa shape index (κ2) is 9.33. The summed E-state index contributed by atoms with van der Waals surface area (Å²) < 4.78 is 0. The first kappa shape index (κ1) is 16.6. The first-order valence-electron chi connectivity index (χ1n) is 7.76. The summed E-state index contributed by atoms with van der Waals surface area (Å²) in [7, 11) is 0. The van der Waals surface area contributed by atoms with E-state index in [9.17, 15) is 4.79 Å². The van der Waals surface area contributed by atoms with Gasteiger partial charge in [0.05, 0.1) is 5.01 Å². The Balaban J connectivity index is 1.58. The second-order valence-corrected chi connectivity index (χ2v) is 6.16. The van der Waals surface area contributed by atoms with E-state index < -0.39 is 0 Å². The fourth-order valence-corrected chi connectivity index (χ4v) is 3.02. The predicted octanol–water partition coefficient (Wildman–Crippen LogP) is 2.79. The van der Waals surface area contributed by atoms with Gasteiger partial charge in [-0.1, -0.05) is 36.8 Å². The third-order valence-corrected chi connectivity index (χ3v) is 4.32. The number of aromatic nitrogens is 1. The molecule has 0 fully saturated rings. The van der Waals surface area contributed by atoms with Crippen molar-refractivity contribution < 1.29 is 4.79 Å². The largest absolute Gasteiger partial charge is 0.351 e. The molecule has 22 heavy (non-hydrogen) atoms. The molecule has 2 aromatic rings. The molecule has 0 aliphatic carbocycles. The minimum Gasteiger partial charge on any atom is -0.351 e. The summed E-state index contributed by atoms with van der Waals surface area (Å²) in [6.07, 6.45) is 5.10. The highest BCUT2D eigenvalue weighted by Gasteiger charge is 2.09. The number of thiazole rings is 1. The Hall–Kier alpha value is -1.72. The zero-order valence-corrected chi connectivity index (χ0v) is 13.6. The Kier molecular flexibility index (Phi) is 7.06. The molecule has 0 spiro atoms. The number of carbonyl (C=O) groups is 1. The van der Waals surface area contributed by atoms with E-state index in [2.05, 4.69) is 34.6 Å². The number of nitrogens with zero attached hydrogens (tertiary/aromatic N) is 1. The van der Waals surface area contributed by atoms with Crippen LogP contribution in [0.25, 0.3) is 0 Å². The van der Waals surface area contributed by atoms with Crippen molar-refractivity contribution in [1.82, 2.24) is 10.3 Å². The molecule has 0 atom stereocenters. The molecule has 1 amide bonds. The summed E-state index contributed by atoms with van der Waals surface area (Å²) in [5.41, 5.74) is 7.37. The van der Waals surface area contributed by atoms with Crippen molar-refractivity contribution >= 4 is 17.2 Å². The van der Waals surface area contributed by atoms with E-state index in [-0.39, 0.29) is 5.91 Å². The molecule has 0 aliphatic rings. The van der Waals surface area contributed by atoms with Crippen LogP contribution in [0.15, 0.2) is 35.7 Å². The third kappa shape index (κ3) is 5.58. The first-order chi connectivity index (χ1) is 10.8. The van der Waals surface area contributed by atoms with E-state index in [0.29, 0.717) is 18.8 Å². The molecule has 0 saturated heterocycles. The molecule has 0 bridgehead atoms. The van der Waals surface area contributed by atoms with Crippen LogP contribution in [0.2, 0.25) is 0 Å². The number of unbranched alkanes of at least 4 members (excludes halogenated alkanes) is 2. The van der Waals surface area contributed by atoms with Crippen molar-refractivity contribution in [3.8, 4) is 0 Å². The predicted molar refractivity (Wildman–Crippen MR) is 91.2 cm³/mol. The van der Waals surface area contributed by atoms with Gasteiger partial charge in [0.15, 0.2) is 0 Å².